The summed E-state index contributed by atoms with van der Waals surface area (Å²) < 4.78 is 18.1. The van der Waals surface area contributed by atoms with Gasteiger partial charge in [-0.1, -0.05) is 6.07 Å². The van der Waals surface area contributed by atoms with E-state index in [0.717, 1.165) is 17.5 Å². The lowest BCUT2D eigenvalue weighted by atomic mass is 10.1. The highest BCUT2D eigenvalue weighted by atomic mass is 16.5. The van der Waals surface area contributed by atoms with E-state index >= 15 is 0 Å². The van der Waals surface area contributed by atoms with Crippen molar-refractivity contribution in [1.29, 1.82) is 0 Å². The fourth-order valence-corrected chi connectivity index (χ4v) is 2.82. The van der Waals surface area contributed by atoms with Crippen molar-refractivity contribution in [2.75, 3.05) is 13.7 Å². The molecule has 6 heteroatoms. The predicted molar refractivity (Wildman–Crippen MR) is 88.0 cm³/mol. The van der Waals surface area contributed by atoms with Gasteiger partial charge in [0.15, 0.2) is 11.5 Å². The first-order chi connectivity index (χ1) is 11.6. The molecule has 0 amide bonds. The normalized spacial score (nSPS) is 19.0. The predicted octanol–water partition coefficient (Wildman–Crippen LogP) is 2.67. The van der Waals surface area contributed by atoms with Gasteiger partial charge in [0.1, 0.15) is 6.61 Å². The molecule has 0 N–H and O–H groups in total. The van der Waals surface area contributed by atoms with E-state index in [2.05, 4.69) is 5.10 Å². The summed E-state index contributed by atoms with van der Waals surface area (Å²) in [6.07, 6.45) is 4.51. The molecule has 128 valence electrons. The van der Waals surface area contributed by atoms with Crippen molar-refractivity contribution in [3.8, 4) is 11.5 Å². The quantitative estimate of drug-likeness (QED) is 0.730. The third kappa shape index (κ3) is 3.53. The Morgan fingerprint density at radius 2 is 2.21 bits per heavy atom. The maximum absolute atomic E-state index is 11.8. The lowest BCUT2D eigenvalue weighted by Gasteiger charge is -2.12. The van der Waals surface area contributed by atoms with E-state index in [-0.39, 0.29) is 17.8 Å². The Labute approximate surface area is 141 Å². The number of carbonyl (C=O) groups is 1. The number of rotatable bonds is 7. The second-order valence-electron chi connectivity index (χ2n) is 5.92. The van der Waals surface area contributed by atoms with Crippen molar-refractivity contribution in [2.24, 2.45) is 13.0 Å². The van der Waals surface area contributed by atoms with E-state index < -0.39 is 0 Å². The zero-order chi connectivity index (χ0) is 17.1. The second-order valence-corrected chi connectivity index (χ2v) is 5.92. The number of ether oxygens (including phenoxy) is 3. The minimum absolute atomic E-state index is 0.0375. The summed E-state index contributed by atoms with van der Waals surface area (Å²) in [5.41, 5.74) is 2.07. The molecule has 1 saturated carbocycles. The Kier molecular flexibility index (Phi) is 4.74. The Morgan fingerprint density at radius 1 is 1.38 bits per heavy atom. The molecule has 3 rings (SSSR count). The Hall–Kier alpha value is -2.50. The van der Waals surface area contributed by atoms with Crippen LogP contribution in [0.3, 0.4) is 0 Å². The van der Waals surface area contributed by atoms with Crippen LogP contribution in [-0.4, -0.2) is 29.5 Å². The van der Waals surface area contributed by atoms with Crippen molar-refractivity contribution in [3.05, 3.63) is 41.7 Å². The first-order valence-electron chi connectivity index (χ1n) is 8.07. The van der Waals surface area contributed by atoms with Gasteiger partial charge in [0.2, 0.25) is 0 Å². The summed E-state index contributed by atoms with van der Waals surface area (Å²) in [5.74, 6) is 1.40. The molecule has 0 aliphatic heterocycles. The minimum Gasteiger partial charge on any atom is -0.493 e. The van der Waals surface area contributed by atoms with Gasteiger partial charge in [-0.2, -0.15) is 5.10 Å². The van der Waals surface area contributed by atoms with Gasteiger partial charge in [0, 0.05) is 18.8 Å². The van der Waals surface area contributed by atoms with Crippen LogP contribution in [0.4, 0.5) is 0 Å². The van der Waals surface area contributed by atoms with E-state index in [0.29, 0.717) is 24.7 Å². The number of hydrogen-bond acceptors (Lipinski definition) is 5. The van der Waals surface area contributed by atoms with E-state index in [4.69, 9.17) is 14.2 Å². The van der Waals surface area contributed by atoms with E-state index in [1.807, 2.05) is 38.4 Å². The molecule has 6 nitrogen and oxygen atoms in total. The van der Waals surface area contributed by atoms with Gasteiger partial charge in [-0.15, -0.1) is 0 Å². The zero-order valence-corrected chi connectivity index (χ0v) is 14.2. The average Bonchev–Trinajstić information content (AvgIpc) is 3.28. The zero-order valence-electron chi connectivity index (χ0n) is 14.2. The van der Waals surface area contributed by atoms with E-state index in [1.165, 1.54) is 0 Å². The molecule has 0 radical (unpaired) electrons. The molecule has 0 saturated heterocycles. The lowest BCUT2D eigenvalue weighted by molar-refractivity contribution is -0.144. The van der Waals surface area contributed by atoms with Crippen molar-refractivity contribution < 1.29 is 19.0 Å². The minimum atomic E-state index is -0.115. The third-order valence-electron chi connectivity index (χ3n) is 4.15. The SMILES string of the molecule is CCOC(=O)C1CC1c1ccc(OC)c(OCc2cnn(C)c2)c1. The molecular formula is C18H22N2O4. The second kappa shape index (κ2) is 6.95. The Balaban J connectivity index is 1.70. The van der Waals surface area contributed by atoms with Gasteiger partial charge in [-0.05, 0) is 37.0 Å². The highest BCUT2D eigenvalue weighted by Crippen LogP contribution is 2.49. The van der Waals surface area contributed by atoms with Crippen LogP contribution in [0.15, 0.2) is 30.6 Å². The van der Waals surface area contributed by atoms with Gasteiger partial charge in [-0.25, -0.2) is 0 Å². The van der Waals surface area contributed by atoms with Crippen LogP contribution in [-0.2, 0) is 23.2 Å². The van der Waals surface area contributed by atoms with Crippen LogP contribution in [0, 0.1) is 5.92 Å². The number of nitrogens with zero attached hydrogens (tertiary/aromatic N) is 2. The van der Waals surface area contributed by atoms with E-state index in [9.17, 15) is 4.79 Å². The summed E-state index contributed by atoms with van der Waals surface area (Å²) >= 11 is 0. The number of methoxy groups -OCH3 is 1. The molecule has 2 unspecified atom stereocenters. The van der Waals surface area contributed by atoms with Crippen LogP contribution in [0.5, 0.6) is 11.5 Å². The number of aryl methyl sites for hydroxylation is 1. The first kappa shape index (κ1) is 16.4. The van der Waals surface area contributed by atoms with Crippen LogP contribution >= 0.6 is 0 Å². The fourth-order valence-electron chi connectivity index (χ4n) is 2.82. The molecule has 2 atom stereocenters. The molecule has 1 aliphatic carbocycles. The summed E-state index contributed by atoms with van der Waals surface area (Å²) in [6.45, 7) is 2.66. The van der Waals surface area contributed by atoms with Crippen LogP contribution in [0.2, 0.25) is 0 Å². The van der Waals surface area contributed by atoms with Gasteiger partial charge in [-0.3, -0.25) is 9.48 Å². The number of carbonyl (C=O) groups excluding carboxylic acids is 1. The summed E-state index contributed by atoms with van der Waals surface area (Å²) in [5, 5.41) is 4.13. The van der Waals surface area contributed by atoms with Gasteiger partial charge < -0.3 is 14.2 Å². The molecule has 0 spiro atoms. The molecule has 0 bridgehead atoms. The van der Waals surface area contributed by atoms with Crippen molar-refractivity contribution in [1.82, 2.24) is 9.78 Å². The summed E-state index contributed by atoms with van der Waals surface area (Å²) in [6, 6.07) is 5.83. The maximum Gasteiger partial charge on any atom is 0.309 e. The van der Waals surface area contributed by atoms with Gasteiger partial charge in [0.25, 0.3) is 0 Å². The Morgan fingerprint density at radius 3 is 2.88 bits per heavy atom. The number of aromatic nitrogens is 2. The smallest absolute Gasteiger partial charge is 0.309 e. The average molecular weight is 330 g/mol. The standard InChI is InChI=1S/C18H22N2O4/c1-4-23-18(21)15-8-14(15)13-5-6-16(22-3)17(7-13)24-11-12-9-19-20(2)10-12/h5-7,9-10,14-15H,4,8,11H2,1-3H3. The molecule has 1 fully saturated rings. The van der Waals surface area contributed by atoms with Gasteiger partial charge in [0.05, 0.1) is 25.8 Å². The van der Waals surface area contributed by atoms with Crippen LogP contribution in [0.1, 0.15) is 30.4 Å². The largest absolute Gasteiger partial charge is 0.493 e. The number of hydrogen-bond donors (Lipinski definition) is 0. The van der Waals surface area contributed by atoms with Crippen molar-refractivity contribution >= 4 is 5.97 Å². The fraction of sp³-hybridized carbons (Fsp3) is 0.444. The monoisotopic (exact) mass is 330 g/mol. The van der Waals surface area contributed by atoms with Gasteiger partial charge >= 0.3 is 5.97 Å². The molecule has 1 aromatic heterocycles. The van der Waals surface area contributed by atoms with Crippen LogP contribution < -0.4 is 9.47 Å². The summed E-state index contributed by atoms with van der Waals surface area (Å²) in [4.78, 5) is 11.8. The number of esters is 1. The molecule has 1 aliphatic rings. The third-order valence-corrected chi connectivity index (χ3v) is 4.15. The maximum atomic E-state index is 11.8. The van der Waals surface area contributed by atoms with E-state index in [1.54, 1.807) is 18.0 Å². The van der Waals surface area contributed by atoms with Crippen molar-refractivity contribution in [3.63, 3.8) is 0 Å². The first-order valence-corrected chi connectivity index (χ1v) is 8.07. The summed E-state index contributed by atoms with van der Waals surface area (Å²) in [7, 11) is 3.48. The number of benzene rings is 1. The topological polar surface area (TPSA) is 62.6 Å². The van der Waals surface area contributed by atoms with Crippen molar-refractivity contribution in [2.45, 2.75) is 25.9 Å². The highest BCUT2D eigenvalue weighted by Gasteiger charge is 2.45. The Bertz CT molecular complexity index is 726. The molecule has 24 heavy (non-hydrogen) atoms. The molecule has 1 aromatic carbocycles. The highest BCUT2D eigenvalue weighted by molar-refractivity contribution is 5.77. The molecule has 2 aromatic rings. The molecular weight excluding hydrogens is 308 g/mol. The molecule has 1 heterocycles. The lowest BCUT2D eigenvalue weighted by Crippen LogP contribution is -2.07. The van der Waals surface area contributed by atoms with Crippen LogP contribution in [0.25, 0.3) is 0 Å².